The van der Waals surface area contributed by atoms with E-state index in [1.807, 2.05) is 29.2 Å². The number of hydrogen-bond acceptors (Lipinski definition) is 4. The van der Waals surface area contributed by atoms with Gasteiger partial charge in [0.2, 0.25) is 0 Å². The van der Waals surface area contributed by atoms with Crippen molar-refractivity contribution in [2.45, 2.75) is 37.9 Å². The molecule has 0 saturated carbocycles. The highest BCUT2D eigenvalue weighted by molar-refractivity contribution is 6.21. The molecule has 0 aromatic heterocycles. The quantitative estimate of drug-likeness (QED) is 0.819. The molecule has 3 heterocycles. The van der Waals surface area contributed by atoms with E-state index in [1.165, 1.54) is 11.3 Å². The predicted octanol–water partition coefficient (Wildman–Crippen LogP) is 2.45. The number of benzene rings is 2. The van der Waals surface area contributed by atoms with Crippen molar-refractivity contribution in [3.8, 4) is 0 Å². The lowest BCUT2D eigenvalue weighted by molar-refractivity contribution is 0.0642. The zero-order valence-corrected chi connectivity index (χ0v) is 16.1. The maximum atomic E-state index is 13.1. The van der Waals surface area contributed by atoms with Crippen LogP contribution in [0.3, 0.4) is 0 Å². The standard InChI is InChI=1S/C23H23N3O3/c27-21(25-11-10-17-8-9-18(14-25)24-17)16-5-3-4-15(12-16)13-26-22(28)19-6-1-2-7-20(19)23(26)29/h1-7,12,17-18,24H,8-11,13-14H2. The molecule has 2 aromatic rings. The van der Waals surface area contributed by atoms with Gasteiger partial charge in [0.05, 0.1) is 17.7 Å². The summed E-state index contributed by atoms with van der Waals surface area (Å²) in [6.45, 7) is 1.66. The van der Waals surface area contributed by atoms with E-state index in [4.69, 9.17) is 0 Å². The van der Waals surface area contributed by atoms with Gasteiger partial charge in [-0.25, -0.2) is 0 Å². The van der Waals surface area contributed by atoms with Crippen LogP contribution in [-0.2, 0) is 6.54 Å². The average molecular weight is 389 g/mol. The number of imide groups is 1. The number of fused-ring (bicyclic) bond motifs is 3. The van der Waals surface area contributed by atoms with Crippen LogP contribution >= 0.6 is 0 Å². The highest BCUT2D eigenvalue weighted by Gasteiger charge is 2.35. The average Bonchev–Trinajstić information content (AvgIpc) is 3.19. The Morgan fingerprint density at radius 2 is 1.66 bits per heavy atom. The Balaban J connectivity index is 1.33. The first kappa shape index (κ1) is 18.1. The molecule has 148 valence electrons. The molecule has 3 aliphatic heterocycles. The predicted molar refractivity (Wildman–Crippen MR) is 108 cm³/mol. The van der Waals surface area contributed by atoms with Crippen LogP contribution < -0.4 is 5.32 Å². The van der Waals surface area contributed by atoms with Crippen molar-refractivity contribution in [1.29, 1.82) is 0 Å². The van der Waals surface area contributed by atoms with E-state index >= 15 is 0 Å². The molecule has 2 unspecified atom stereocenters. The summed E-state index contributed by atoms with van der Waals surface area (Å²) in [5, 5.41) is 3.59. The van der Waals surface area contributed by atoms with Gasteiger partial charge in [0.1, 0.15) is 0 Å². The molecule has 2 aromatic carbocycles. The zero-order chi connectivity index (χ0) is 20.0. The SMILES string of the molecule is O=C(c1cccc(CN2C(=O)c3ccccc3C2=O)c1)N1CCC2CCC(C1)N2. The number of carbonyl (C=O) groups is 3. The maximum Gasteiger partial charge on any atom is 0.261 e. The summed E-state index contributed by atoms with van der Waals surface area (Å²) >= 11 is 0. The van der Waals surface area contributed by atoms with Gasteiger partial charge in [0, 0.05) is 30.7 Å². The Morgan fingerprint density at radius 1 is 0.931 bits per heavy atom. The topological polar surface area (TPSA) is 69.7 Å². The van der Waals surface area contributed by atoms with E-state index in [-0.39, 0.29) is 24.3 Å². The molecule has 2 atom stereocenters. The number of rotatable bonds is 3. The zero-order valence-electron chi connectivity index (χ0n) is 16.1. The number of nitrogens with one attached hydrogen (secondary N) is 1. The molecule has 5 rings (SSSR count). The number of nitrogens with zero attached hydrogens (tertiary/aromatic N) is 2. The number of amides is 3. The summed E-state index contributed by atoms with van der Waals surface area (Å²) in [6, 6.07) is 15.1. The third kappa shape index (κ3) is 3.23. The number of hydrogen-bond donors (Lipinski definition) is 1. The van der Waals surface area contributed by atoms with Crippen molar-refractivity contribution >= 4 is 17.7 Å². The Bertz CT molecular complexity index is 967. The molecule has 0 radical (unpaired) electrons. The van der Waals surface area contributed by atoms with Gasteiger partial charge in [-0.3, -0.25) is 19.3 Å². The summed E-state index contributed by atoms with van der Waals surface area (Å²) in [6.07, 6.45) is 3.30. The Hall–Kier alpha value is -2.99. The lowest BCUT2D eigenvalue weighted by Crippen LogP contribution is -2.39. The third-order valence-corrected chi connectivity index (χ3v) is 6.20. The summed E-state index contributed by atoms with van der Waals surface area (Å²) in [5.41, 5.74) is 2.27. The molecule has 3 aliphatic rings. The van der Waals surface area contributed by atoms with Gasteiger partial charge in [-0.2, -0.15) is 0 Å². The van der Waals surface area contributed by atoms with E-state index in [1.54, 1.807) is 24.3 Å². The van der Waals surface area contributed by atoms with E-state index in [0.717, 1.165) is 31.5 Å². The minimum atomic E-state index is -0.281. The van der Waals surface area contributed by atoms with Crippen LogP contribution in [0.15, 0.2) is 48.5 Å². The summed E-state index contributed by atoms with van der Waals surface area (Å²) in [4.78, 5) is 41.5. The van der Waals surface area contributed by atoms with Crippen molar-refractivity contribution in [3.63, 3.8) is 0 Å². The third-order valence-electron chi connectivity index (χ3n) is 6.20. The minimum Gasteiger partial charge on any atom is -0.337 e. The second-order valence-electron chi connectivity index (χ2n) is 8.12. The normalized spacial score (nSPS) is 23.3. The summed E-state index contributed by atoms with van der Waals surface area (Å²) < 4.78 is 0. The fraction of sp³-hybridized carbons (Fsp3) is 0.348. The Kier molecular flexibility index (Phi) is 4.43. The highest BCUT2D eigenvalue weighted by atomic mass is 16.2. The van der Waals surface area contributed by atoms with Gasteiger partial charge < -0.3 is 10.2 Å². The fourth-order valence-electron chi connectivity index (χ4n) is 4.68. The van der Waals surface area contributed by atoms with Gasteiger partial charge in [0.15, 0.2) is 0 Å². The van der Waals surface area contributed by atoms with Crippen LogP contribution in [0.1, 0.15) is 55.9 Å². The molecule has 0 aliphatic carbocycles. The smallest absolute Gasteiger partial charge is 0.261 e. The van der Waals surface area contributed by atoms with Crippen molar-refractivity contribution in [3.05, 3.63) is 70.8 Å². The van der Waals surface area contributed by atoms with Crippen LogP contribution in [0.25, 0.3) is 0 Å². The maximum absolute atomic E-state index is 13.1. The van der Waals surface area contributed by atoms with Crippen LogP contribution in [-0.4, -0.2) is 52.7 Å². The van der Waals surface area contributed by atoms with Crippen molar-refractivity contribution < 1.29 is 14.4 Å². The fourth-order valence-corrected chi connectivity index (χ4v) is 4.68. The molecule has 6 heteroatoms. The van der Waals surface area contributed by atoms with Crippen molar-refractivity contribution in [2.24, 2.45) is 0 Å². The molecule has 3 amide bonds. The van der Waals surface area contributed by atoms with E-state index in [9.17, 15) is 14.4 Å². The van der Waals surface area contributed by atoms with Crippen LogP contribution in [0, 0.1) is 0 Å². The molecule has 1 N–H and O–H groups in total. The Labute approximate surface area is 169 Å². The summed E-state index contributed by atoms with van der Waals surface area (Å²) in [5.74, 6) is -0.544. The molecule has 2 saturated heterocycles. The first-order valence-corrected chi connectivity index (χ1v) is 10.2. The lowest BCUT2D eigenvalue weighted by Gasteiger charge is -2.24. The van der Waals surface area contributed by atoms with Crippen LogP contribution in [0.5, 0.6) is 0 Å². The van der Waals surface area contributed by atoms with Crippen molar-refractivity contribution in [1.82, 2.24) is 15.1 Å². The van der Waals surface area contributed by atoms with E-state index < -0.39 is 0 Å². The minimum absolute atomic E-state index is 0.0172. The van der Waals surface area contributed by atoms with Gasteiger partial charge in [0.25, 0.3) is 17.7 Å². The second kappa shape index (κ2) is 7.12. The monoisotopic (exact) mass is 389 g/mol. The molecule has 0 spiro atoms. The molecule has 29 heavy (non-hydrogen) atoms. The first-order valence-electron chi connectivity index (χ1n) is 10.2. The highest BCUT2D eigenvalue weighted by Crippen LogP contribution is 2.25. The van der Waals surface area contributed by atoms with E-state index in [2.05, 4.69) is 5.32 Å². The van der Waals surface area contributed by atoms with Crippen LogP contribution in [0.4, 0.5) is 0 Å². The molecule has 2 fully saturated rings. The number of carbonyl (C=O) groups excluding carboxylic acids is 3. The van der Waals surface area contributed by atoms with Gasteiger partial charge in [-0.15, -0.1) is 0 Å². The lowest BCUT2D eigenvalue weighted by atomic mass is 10.1. The molecule has 6 nitrogen and oxygen atoms in total. The number of likely N-dealkylation sites (tertiary alicyclic amines) is 1. The molecular formula is C23H23N3O3. The second-order valence-corrected chi connectivity index (χ2v) is 8.12. The van der Waals surface area contributed by atoms with Crippen LogP contribution in [0.2, 0.25) is 0 Å². The largest absolute Gasteiger partial charge is 0.337 e. The first-order chi connectivity index (χ1) is 14.1. The van der Waals surface area contributed by atoms with Gasteiger partial charge in [-0.05, 0) is 49.1 Å². The van der Waals surface area contributed by atoms with Gasteiger partial charge >= 0.3 is 0 Å². The molecular weight excluding hydrogens is 366 g/mol. The van der Waals surface area contributed by atoms with Gasteiger partial charge in [-0.1, -0.05) is 24.3 Å². The van der Waals surface area contributed by atoms with E-state index in [0.29, 0.717) is 28.8 Å². The van der Waals surface area contributed by atoms with Crippen molar-refractivity contribution in [2.75, 3.05) is 13.1 Å². The Morgan fingerprint density at radius 3 is 2.41 bits per heavy atom. The summed E-state index contributed by atoms with van der Waals surface area (Å²) in [7, 11) is 0. The molecule has 2 bridgehead atoms.